The van der Waals surface area contributed by atoms with E-state index in [1.807, 2.05) is 0 Å². The van der Waals surface area contributed by atoms with Crippen LogP contribution in [0.25, 0.3) is 0 Å². The maximum Gasteiger partial charge on any atom is 0.416 e. The van der Waals surface area contributed by atoms with Gasteiger partial charge in [0.05, 0.1) is 17.0 Å². The molecule has 2 aromatic carbocycles. The number of hydrogen-bond donors (Lipinski definition) is 1. The van der Waals surface area contributed by atoms with E-state index in [0.29, 0.717) is 22.6 Å². The SMILES string of the molecule is Cc1c(C(=O)NCc2ccc([N+](=O)[O-])cc2)sc(=O)n1Cc1cccc(C(F)(F)F)c1. The summed E-state index contributed by atoms with van der Waals surface area (Å²) in [5.41, 5.74) is 0.374. The van der Waals surface area contributed by atoms with Gasteiger partial charge in [-0.25, -0.2) is 0 Å². The lowest BCUT2D eigenvalue weighted by atomic mass is 10.1. The van der Waals surface area contributed by atoms with Crippen LogP contribution in [0.1, 0.15) is 32.1 Å². The summed E-state index contributed by atoms with van der Waals surface area (Å²) in [6.07, 6.45) is -4.49. The largest absolute Gasteiger partial charge is 0.416 e. The molecule has 1 aromatic heterocycles. The van der Waals surface area contributed by atoms with Crippen molar-refractivity contribution >= 4 is 22.9 Å². The molecule has 0 bridgehead atoms. The van der Waals surface area contributed by atoms with Gasteiger partial charge in [-0.1, -0.05) is 35.6 Å². The number of amides is 1. The molecule has 0 atom stereocenters. The first-order valence-corrected chi connectivity index (χ1v) is 9.76. The molecule has 0 unspecified atom stereocenters. The van der Waals surface area contributed by atoms with Crippen LogP contribution in [0.15, 0.2) is 53.3 Å². The Morgan fingerprint density at radius 3 is 2.45 bits per heavy atom. The zero-order valence-electron chi connectivity index (χ0n) is 16.1. The number of hydrogen-bond acceptors (Lipinski definition) is 5. The van der Waals surface area contributed by atoms with Crippen molar-refractivity contribution in [3.05, 3.63) is 95.6 Å². The van der Waals surface area contributed by atoms with Crippen LogP contribution in [-0.2, 0) is 19.3 Å². The number of benzene rings is 2. The first-order valence-electron chi connectivity index (χ1n) is 8.94. The van der Waals surface area contributed by atoms with Crippen molar-refractivity contribution in [2.24, 2.45) is 0 Å². The zero-order valence-corrected chi connectivity index (χ0v) is 16.9. The van der Waals surface area contributed by atoms with E-state index in [-0.39, 0.29) is 29.2 Å². The Labute approximate surface area is 177 Å². The van der Waals surface area contributed by atoms with Crippen LogP contribution in [0, 0.1) is 17.0 Å². The molecule has 0 spiro atoms. The first-order chi connectivity index (χ1) is 14.6. The van der Waals surface area contributed by atoms with E-state index in [9.17, 15) is 32.9 Å². The number of halogens is 3. The Morgan fingerprint density at radius 1 is 1.16 bits per heavy atom. The molecule has 0 saturated heterocycles. The summed E-state index contributed by atoms with van der Waals surface area (Å²) in [7, 11) is 0. The summed E-state index contributed by atoms with van der Waals surface area (Å²) in [5, 5.41) is 13.3. The summed E-state index contributed by atoms with van der Waals surface area (Å²) in [5.74, 6) is -0.513. The van der Waals surface area contributed by atoms with Crippen LogP contribution in [0.4, 0.5) is 18.9 Å². The predicted molar refractivity (Wildman–Crippen MR) is 108 cm³/mol. The zero-order chi connectivity index (χ0) is 22.8. The Bertz CT molecular complexity index is 1180. The highest BCUT2D eigenvalue weighted by atomic mass is 32.1. The quantitative estimate of drug-likeness (QED) is 0.451. The fourth-order valence-corrected chi connectivity index (χ4v) is 3.81. The molecule has 0 aliphatic rings. The highest BCUT2D eigenvalue weighted by molar-refractivity contribution is 7.11. The van der Waals surface area contributed by atoms with E-state index in [1.54, 1.807) is 6.92 Å². The number of nitro groups is 1. The van der Waals surface area contributed by atoms with Gasteiger partial charge in [-0.15, -0.1) is 0 Å². The molecule has 0 radical (unpaired) electrons. The van der Waals surface area contributed by atoms with Gasteiger partial charge in [0.15, 0.2) is 0 Å². The van der Waals surface area contributed by atoms with Crippen molar-refractivity contribution in [1.29, 1.82) is 0 Å². The molecule has 0 aliphatic heterocycles. The molecule has 0 aliphatic carbocycles. The van der Waals surface area contributed by atoms with Crippen molar-refractivity contribution < 1.29 is 22.9 Å². The Balaban J connectivity index is 1.74. The normalized spacial score (nSPS) is 11.4. The molecule has 0 fully saturated rings. The lowest BCUT2D eigenvalue weighted by Crippen LogP contribution is -2.23. The third kappa shape index (κ3) is 5.18. The molecule has 0 saturated carbocycles. The van der Waals surface area contributed by atoms with Gasteiger partial charge in [0.25, 0.3) is 11.6 Å². The standard InChI is InChI=1S/C20H16F3N3O4S/c1-12-17(18(27)24-10-13-5-7-16(8-6-13)26(29)30)31-19(28)25(12)11-14-3-2-4-15(9-14)20(21,22)23/h2-9H,10-11H2,1H3,(H,24,27). The topological polar surface area (TPSA) is 94.2 Å². The molecular formula is C20H16F3N3O4S. The highest BCUT2D eigenvalue weighted by Gasteiger charge is 2.30. The highest BCUT2D eigenvalue weighted by Crippen LogP contribution is 2.29. The number of non-ortho nitro benzene ring substituents is 1. The van der Waals surface area contributed by atoms with Crippen LogP contribution >= 0.6 is 11.3 Å². The molecule has 1 amide bonds. The predicted octanol–water partition coefficient (Wildman–Crippen LogP) is 4.12. The third-order valence-corrected chi connectivity index (χ3v) is 5.62. The van der Waals surface area contributed by atoms with Crippen LogP contribution in [0.3, 0.4) is 0 Å². The number of thiazole rings is 1. The molecule has 3 aromatic rings. The van der Waals surface area contributed by atoms with Crippen LogP contribution in [-0.4, -0.2) is 15.4 Å². The van der Waals surface area contributed by atoms with Gasteiger partial charge in [0.2, 0.25) is 0 Å². The number of nitrogens with one attached hydrogen (secondary N) is 1. The minimum Gasteiger partial charge on any atom is -0.347 e. The average molecular weight is 451 g/mol. The van der Waals surface area contributed by atoms with E-state index < -0.39 is 27.4 Å². The van der Waals surface area contributed by atoms with E-state index >= 15 is 0 Å². The van der Waals surface area contributed by atoms with Crippen molar-refractivity contribution in [2.75, 3.05) is 0 Å². The number of carbonyl (C=O) groups is 1. The molecule has 3 rings (SSSR count). The molecule has 162 valence electrons. The van der Waals surface area contributed by atoms with Crippen molar-refractivity contribution in [3.63, 3.8) is 0 Å². The summed E-state index contributed by atoms with van der Waals surface area (Å²) in [6.45, 7) is 1.54. The summed E-state index contributed by atoms with van der Waals surface area (Å²) >= 11 is 0.703. The van der Waals surface area contributed by atoms with Gasteiger partial charge in [-0.3, -0.25) is 24.3 Å². The lowest BCUT2D eigenvalue weighted by molar-refractivity contribution is -0.384. The van der Waals surface area contributed by atoms with Gasteiger partial charge in [-0.05, 0) is 30.2 Å². The molecule has 11 heteroatoms. The number of carbonyl (C=O) groups excluding carboxylic acids is 1. The van der Waals surface area contributed by atoms with E-state index in [4.69, 9.17) is 0 Å². The monoisotopic (exact) mass is 451 g/mol. The first kappa shape index (κ1) is 22.2. The minimum atomic E-state index is -4.49. The Hall–Kier alpha value is -3.47. The summed E-state index contributed by atoms with van der Waals surface area (Å²) in [6, 6.07) is 10.3. The second-order valence-electron chi connectivity index (χ2n) is 6.67. The fraction of sp³-hybridized carbons (Fsp3) is 0.200. The van der Waals surface area contributed by atoms with Crippen molar-refractivity contribution in [2.45, 2.75) is 26.2 Å². The Kier molecular flexibility index (Phi) is 6.25. The van der Waals surface area contributed by atoms with Gasteiger partial charge in [0, 0.05) is 24.4 Å². The molecule has 1 N–H and O–H groups in total. The number of nitro benzene ring substituents is 1. The number of rotatable bonds is 6. The molecule has 1 heterocycles. The third-order valence-electron chi connectivity index (χ3n) is 4.54. The van der Waals surface area contributed by atoms with E-state index in [2.05, 4.69) is 5.32 Å². The van der Waals surface area contributed by atoms with Crippen LogP contribution in [0.5, 0.6) is 0 Å². The van der Waals surface area contributed by atoms with Gasteiger partial charge in [0.1, 0.15) is 4.88 Å². The van der Waals surface area contributed by atoms with Gasteiger partial charge >= 0.3 is 11.0 Å². The maximum atomic E-state index is 12.9. The van der Waals surface area contributed by atoms with Gasteiger partial charge < -0.3 is 5.32 Å². The fourth-order valence-electron chi connectivity index (χ4n) is 2.90. The van der Waals surface area contributed by atoms with Crippen LogP contribution < -0.4 is 10.2 Å². The second-order valence-corrected chi connectivity index (χ2v) is 7.63. The van der Waals surface area contributed by atoms with Crippen LogP contribution in [0.2, 0.25) is 0 Å². The van der Waals surface area contributed by atoms with Crippen molar-refractivity contribution in [1.82, 2.24) is 9.88 Å². The van der Waals surface area contributed by atoms with E-state index in [1.165, 1.54) is 41.0 Å². The lowest BCUT2D eigenvalue weighted by Gasteiger charge is -2.10. The maximum absolute atomic E-state index is 12.9. The van der Waals surface area contributed by atoms with Crippen molar-refractivity contribution in [3.8, 4) is 0 Å². The number of alkyl halides is 3. The number of aromatic nitrogens is 1. The Morgan fingerprint density at radius 2 is 1.84 bits per heavy atom. The number of nitrogens with zero attached hydrogens (tertiary/aromatic N) is 2. The van der Waals surface area contributed by atoms with Gasteiger partial charge in [-0.2, -0.15) is 13.2 Å². The molecular weight excluding hydrogens is 435 g/mol. The minimum absolute atomic E-state index is 0.0733. The summed E-state index contributed by atoms with van der Waals surface area (Å²) < 4.78 is 40.0. The molecule has 7 nitrogen and oxygen atoms in total. The van der Waals surface area contributed by atoms with E-state index in [0.717, 1.165) is 12.1 Å². The molecule has 31 heavy (non-hydrogen) atoms. The summed E-state index contributed by atoms with van der Waals surface area (Å²) in [4.78, 5) is 34.7. The smallest absolute Gasteiger partial charge is 0.347 e. The average Bonchev–Trinajstić information content (AvgIpc) is 3.00. The second kappa shape index (κ2) is 8.72.